The minimum Gasteiger partial charge on any atom is -0.393 e. The second-order valence-electron chi connectivity index (χ2n) is 3.89. The smallest absolute Gasteiger partial charge is 0.236 e. The van der Waals surface area contributed by atoms with E-state index in [-0.39, 0.29) is 16.8 Å². The van der Waals surface area contributed by atoms with Crippen molar-refractivity contribution in [2.75, 3.05) is 5.32 Å². The monoisotopic (exact) mass is 257 g/mol. The van der Waals surface area contributed by atoms with Crippen LogP contribution in [0.25, 0.3) is 0 Å². The van der Waals surface area contributed by atoms with Crippen molar-refractivity contribution >= 4 is 39.6 Å². The first-order valence-corrected chi connectivity index (χ1v) is 6.17. The molecule has 16 heavy (non-hydrogen) atoms. The summed E-state index contributed by atoms with van der Waals surface area (Å²) in [5.41, 5.74) is 5.55. The van der Waals surface area contributed by atoms with E-state index in [1.807, 2.05) is 20.8 Å². The largest absolute Gasteiger partial charge is 0.393 e. The lowest BCUT2D eigenvalue weighted by molar-refractivity contribution is -0.118. The van der Waals surface area contributed by atoms with Gasteiger partial charge < -0.3 is 11.1 Å². The number of carbonyl (C=O) groups excluding carboxylic acids is 1. The van der Waals surface area contributed by atoms with E-state index in [1.54, 1.807) is 6.20 Å². The summed E-state index contributed by atoms with van der Waals surface area (Å²) in [7, 11) is 0. The highest BCUT2D eigenvalue weighted by Crippen LogP contribution is 2.19. The first-order chi connectivity index (χ1) is 7.41. The molecule has 4 nitrogen and oxygen atoms in total. The molecule has 0 bridgehead atoms. The number of nitrogens with two attached hydrogens (primary N) is 1. The molecule has 0 fully saturated rings. The number of rotatable bonds is 4. The lowest BCUT2D eigenvalue weighted by Crippen LogP contribution is -2.36. The summed E-state index contributed by atoms with van der Waals surface area (Å²) in [4.78, 5) is 17.2. The van der Waals surface area contributed by atoms with Crippen LogP contribution in [0.1, 0.15) is 18.7 Å². The van der Waals surface area contributed by atoms with E-state index in [0.29, 0.717) is 5.13 Å². The Morgan fingerprint density at radius 3 is 2.62 bits per heavy atom. The van der Waals surface area contributed by atoms with E-state index in [2.05, 4.69) is 10.3 Å². The van der Waals surface area contributed by atoms with Crippen molar-refractivity contribution in [1.29, 1.82) is 0 Å². The average molecular weight is 257 g/mol. The van der Waals surface area contributed by atoms with Crippen LogP contribution in [0.4, 0.5) is 5.13 Å². The van der Waals surface area contributed by atoms with Crippen LogP contribution in [0.15, 0.2) is 6.20 Å². The van der Waals surface area contributed by atoms with Crippen molar-refractivity contribution in [3.05, 3.63) is 11.1 Å². The molecule has 1 aromatic rings. The maximum Gasteiger partial charge on any atom is 0.236 e. The molecular weight excluding hydrogens is 242 g/mol. The van der Waals surface area contributed by atoms with Gasteiger partial charge in [0.05, 0.1) is 10.9 Å². The maximum absolute atomic E-state index is 11.9. The van der Waals surface area contributed by atoms with E-state index >= 15 is 0 Å². The molecule has 88 valence electrons. The van der Waals surface area contributed by atoms with Gasteiger partial charge in [0.15, 0.2) is 5.13 Å². The first-order valence-electron chi connectivity index (χ1n) is 4.94. The highest BCUT2D eigenvalue weighted by molar-refractivity contribution is 7.80. The maximum atomic E-state index is 11.9. The van der Waals surface area contributed by atoms with E-state index in [9.17, 15) is 4.79 Å². The van der Waals surface area contributed by atoms with Crippen molar-refractivity contribution in [1.82, 2.24) is 4.98 Å². The summed E-state index contributed by atoms with van der Waals surface area (Å²) in [5.74, 6) is -0.547. The minimum absolute atomic E-state index is 0.0820. The van der Waals surface area contributed by atoms with Gasteiger partial charge in [-0.3, -0.25) is 4.79 Å². The molecule has 0 aliphatic rings. The van der Waals surface area contributed by atoms with Crippen molar-refractivity contribution in [3.8, 4) is 0 Å². The molecule has 0 saturated carbocycles. The Labute approximate surface area is 104 Å². The van der Waals surface area contributed by atoms with E-state index in [1.165, 1.54) is 11.3 Å². The molecule has 0 aliphatic carbocycles. The molecule has 1 heterocycles. The average Bonchev–Trinajstić information content (AvgIpc) is 2.49. The molecule has 6 heteroatoms. The van der Waals surface area contributed by atoms with Crippen LogP contribution < -0.4 is 11.1 Å². The van der Waals surface area contributed by atoms with Gasteiger partial charge in [-0.1, -0.05) is 26.1 Å². The number of anilines is 1. The van der Waals surface area contributed by atoms with Crippen molar-refractivity contribution in [3.63, 3.8) is 0 Å². The Balaban J connectivity index is 2.73. The number of aryl methyl sites for hydroxylation is 1. The van der Waals surface area contributed by atoms with Crippen LogP contribution in [-0.4, -0.2) is 15.9 Å². The van der Waals surface area contributed by atoms with Gasteiger partial charge in [0, 0.05) is 11.1 Å². The molecule has 0 radical (unpaired) electrons. The molecule has 1 aromatic heterocycles. The fraction of sp³-hybridized carbons (Fsp3) is 0.500. The van der Waals surface area contributed by atoms with Crippen LogP contribution in [0.3, 0.4) is 0 Å². The zero-order valence-electron chi connectivity index (χ0n) is 9.48. The number of nitrogens with zero attached hydrogens (tertiary/aromatic N) is 1. The first kappa shape index (κ1) is 13.1. The van der Waals surface area contributed by atoms with E-state index in [0.717, 1.165) is 4.88 Å². The third-order valence-electron chi connectivity index (χ3n) is 2.11. The van der Waals surface area contributed by atoms with Gasteiger partial charge in [-0.05, 0) is 12.8 Å². The lowest BCUT2D eigenvalue weighted by Gasteiger charge is -2.17. The standard InChI is InChI=1S/C10H15N3OS2/c1-5(2)7(8(11)15)9(14)13-10-12-4-6(3)16-10/h4-5,7H,1-3H3,(H2,11,15)(H,12,13,14). The summed E-state index contributed by atoms with van der Waals surface area (Å²) in [5, 5.41) is 3.31. The van der Waals surface area contributed by atoms with E-state index in [4.69, 9.17) is 18.0 Å². The minimum atomic E-state index is -0.445. The third-order valence-corrected chi connectivity index (χ3v) is 3.19. The Hall–Kier alpha value is -1.01. The molecule has 0 aromatic carbocycles. The molecule has 0 aliphatic heterocycles. The summed E-state index contributed by atoms with van der Waals surface area (Å²) >= 11 is 6.32. The number of amides is 1. The van der Waals surface area contributed by atoms with Gasteiger partial charge in [-0.2, -0.15) is 0 Å². The SMILES string of the molecule is Cc1cnc(NC(=O)C(C(N)=S)C(C)C)s1. The predicted octanol–water partition coefficient (Wildman–Crippen LogP) is 1.95. The molecule has 0 spiro atoms. The number of hydrogen-bond donors (Lipinski definition) is 2. The van der Waals surface area contributed by atoms with Crippen LogP contribution in [0.5, 0.6) is 0 Å². The molecule has 3 N–H and O–H groups in total. The predicted molar refractivity (Wildman–Crippen MR) is 70.6 cm³/mol. The van der Waals surface area contributed by atoms with Crippen molar-refractivity contribution in [2.45, 2.75) is 20.8 Å². The summed E-state index contributed by atoms with van der Waals surface area (Å²) in [6.07, 6.45) is 1.71. The highest BCUT2D eigenvalue weighted by atomic mass is 32.1. The Morgan fingerprint density at radius 2 is 2.25 bits per heavy atom. The molecule has 1 rings (SSSR count). The van der Waals surface area contributed by atoms with Crippen LogP contribution in [0, 0.1) is 18.8 Å². The number of nitrogens with one attached hydrogen (secondary N) is 1. The van der Waals surface area contributed by atoms with Gasteiger partial charge in [-0.25, -0.2) is 4.98 Å². The van der Waals surface area contributed by atoms with E-state index < -0.39 is 5.92 Å². The van der Waals surface area contributed by atoms with Gasteiger partial charge >= 0.3 is 0 Å². The zero-order chi connectivity index (χ0) is 12.3. The number of thiocarbonyl (C=S) groups is 1. The molecule has 0 saturated heterocycles. The zero-order valence-corrected chi connectivity index (χ0v) is 11.1. The fourth-order valence-corrected chi connectivity index (χ4v) is 2.40. The van der Waals surface area contributed by atoms with Gasteiger partial charge in [0.25, 0.3) is 0 Å². The second-order valence-corrected chi connectivity index (χ2v) is 5.60. The molecular formula is C10H15N3OS2. The fourth-order valence-electron chi connectivity index (χ4n) is 1.36. The number of hydrogen-bond acceptors (Lipinski definition) is 4. The van der Waals surface area contributed by atoms with Crippen molar-refractivity contribution < 1.29 is 4.79 Å². The quantitative estimate of drug-likeness (QED) is 0.809. The third kappa shape index (κ3) is 3.24. The number of carbonyl (C=O) groups is 1. The normalized spacial score (nSPS) is 12.5. The summed E-state index contributed by atoms with van der Waals surface area (Å²) < 4.78 is 0. The van der Waals surface area contributed by atoms with Gasteiger partial charge in [-0.15, -0.1) is 11.3 Å². The number of thiazole rings is 1. The molecule has 1 unspecified atom stereocenters. The Morgan fingerprint density at radius 1 is 1.62 bits per heavy atom. The highest BCUT2D eigenvalue weighted by Gasteiger charge is 2.25. The molecule has 1 amide bonds. The number of aromatic nitrogens is 1. The molecule has 1 atom stereocenters. The Bertz CT molecular complexity index is 401. The summed E-state index contributed by atoms with van der Waals surface area (Å²) in [6.45, 7) is 5.76. The summed E-state index contributed by atoms with van der Waals surface area (Å²) in [6, 6.07) is 0. The van der Waals surface area contributed by atoms with Crippen molar-refractivity contribution in [2.24, 2.45) is 17.6 Å². The Kier molecular flexibility index (Phi) is 4.37. The van der Waals surface area contributed by atoms with Gasteiger partial charge in [0.1, 0.15) is 0 Å². The van der Waals surface area contributed by atoms with Crippen LogP contribution in [0.2, 0.25) is 0 Å². The van der Waals surface area contributed by atoms with Crippen LogP contribution in [-0.2, 0) is 4.79 Å². The second kappa shape index (κ2) is 5.36. The lowest BCUT2D eigenvalue weighted by atomic mass is 9.95. The van der Waals surface area contributed by atoms with Gasteiger partial charge in [0.2, 0.25) is 5.91 Å². The topological polar surface area (TPSA) is 68.0 Å². The van der Waals surface area contributed by atoms with Crippen LogP contribution >= 0.6 is 23.6 Å².